The third kappa shape index (κ3) is 5.48. The Kier molecular flexibility index (Phi) is 6.83. The third-order valence-electron chi connectivity index (χ3n) is 4.11. The van der Waals surface area contributed by atoms with Crippen molar-refractivity contribution in [2.75, 3.05) is 29.6 Å². The SMILES string of the molecule is CCOc1ccc(Nc2ncccc2C(=O)Nc2ccc(NC(=O)NC)cc2)cc1. The third-order valence-corrected chi connectivity index (χ3v) is 4.11. The minimum Gasteiger partial charge on any atom is -0.494 e. The van der Waals surface area contributed by atoms with Crippen LogP contribution in [-0.4, -0.2) is 30.6 Å². The van der Waals surface area contributed by atoms with Crippen LogP contribution in [0.15, 0.2) is 66.9 Å². The van der Waals surface area contributed by atoms with Gasteiger partial charge >= 0.3 is 6.03 Å². The smallest absolute Gasteiger partial charge is 0.318 e. The van der Waals surface area contributed by atoms with E-state index >= 15 is 0 Å². The molecule has 0 spiro atoms. The monoisotopic (exact) mass is 405 g/mol. The first-order chi connectivity index (χ1) is 14.6. The summed E-state index contributed by atoms with van der Waals surface area (Å²) in [4.78, 5) is 28.4. The number of carbonyl (C=O) groups is 2. The number of ether oxygens (including phenoxy) is 1. The number of nitrogens with one attached hydrogen (secondary N) is 4. The minimum atomic E-state index is -0.313. The van der Waals surface area contributed by atoms with Gasteiger partial charge in [-0.05, 0) is 67.6 Å². The summed E-state index contributed by atoms with van der Waals surface area (Å²) >= 11 is 0. The number of nitrogens with zero attached hydrogens (tertiary/aromatic N) is 1. The second-order valence-electron chi connectivity index (χ2n) is 6.22. The van der Waals surface area contributed by atoms with Gasteiger partial charge in [-0.15, -0.1) is 0 Å². The fourth-order valence-electron chi connectivity index (χ4n) is 2.65. The number of rotatable bonds is 7. The summed E-state index contributed by atoms with van der Waals surface area (Å²) in [5.41, 5.74) is 2.40. The number of aromatic nitrogens is 1. The number of hydrogen-bond donors (Lipinski definition) is 4. The molecule has 0 atom stereocenters. The van der Waals surface area contributed by atoms with Crippen LogP contribution >= 0.6 is 0 Å². The molecule has 3 rings (SSSR count). The van der Waals surface area contributed by atoms with Crippen molar-refractivity contribution < 1.29 is 14.3 Å². The maximum Gasteiger partial charge on any atom is 0.318 e. The summed E-state index contributed by atoms with van der Waals surface area (Å²) in [5, 5.41) is 11.1. The van der Waals surface area contributed by atoms with Crippen LogP contribution in [0.25, 0.3) is 0 Å². The second kappa shape index (κ2) is 9.92. The molecule has 0 radical (unpaired) electrons. The zero-order chi connectivity index (χ0) is 21.3. The van der Waals surface area contributed by atoms with Crippen LogP contribution < -0.4 is 26.0 Å². The summed E-state index contributed by atoms with van der Waals surface area (Å²) < 4.78 is 5.44. The Hall–Kier alpha value is -4.07. The van der Waals surface area contributed by atoms with Crippen molar-refractivity contribution in [1.29, 1.82) is 0 Å². The molecule has 0 unspecified atom stereocenters. The lowest BCUT2D eigenvalue weighted by Crippen LogP contribution is -2.24. The number of carbonyl (C=O) groups excluding carboxylic acids is 2. The highest BCUT2D eigenvalue weighted by Gasteiger charge is 2.13. The number of amides is 3. The van der Waals surface area contributed by atoms with E-state index in [0.29, 0.717) is 29.4 Å². The van der Waals surface area contributed by atoms with E-state index in [4.69, 9.17) is 4.74 Å². The summed E-state index contributed by atoms with van der Waals surface area (Å²) in [7, 11) is 1.54. The molecule has 30 heavy (non-hydrogen) atoms. The number of benzene rings is 2. The number of pyridine rings is 1. The molecule has 3 amide bonds. The Labute approximate surface area is 174 Å². The zero-order valence-corrected chi connectivity index (χ0v) is 16.7. The van der Waals surface area contributed by atoms with Crippen LogP contribution in [0.3, 0.4) is 0 Å². The molecule has 8 nitrogen and oxygen atoms in total. The maximum atomic E-state index is 12.8. The summed E-state index contributed by atoms with van der Waals surface area (Å²) in [6.07, 6.45) is 1.62. The molecule has 4 N–H and O–H groups in total. The molecule has 0 bridgehead atoms. The molecule has 0 aliphatic heterocycles. The largest absolute Gasteiger partial charge is 0.494 e. The topological polar surface area (TPSA) is 104 Å². The molecule has 0 aliphatic rings. The first-order valence-electron chi connectivity index (χ1n) is 9.44. The predicted octanol–water partition coefficient (Wildman–Crippen LogP) is 4.23. The highest BCUT2D eigenvalue weighted by atomic mass is 16.5. The zero-order valence-electron chi connectivity index (χ0n) is 16.7. The van der Waals surface area contributed by atoms with Gasteiger partial charge in [-0.2, -0.15) is 0 Å². The van der Waals surface area contributed by atoms with Gasteiger partial charge in [-0.25, -0.2) is 9.78 Å². The summed E-state index contributed by atoms with van der Waals surface area (Å²) in [6.45, 7) is 2.52. The van der Waals surface area contributed by atoms with Gasteiger partial charge in [0.1, 0.15) is 11.6 Å². The van der Waals surface area contributed by atoms with Crippen molar-refractivity contribution in [3.8, 4) is 5.75 Å². The average Bonchev–Trinajstić information content (AvgIpc) is 2.77. The van der Waals surface area contributed by atoms with E-state index < -0.39 is 0 Å². The Morgan fingerprint density at radius 3 is 2.17 bits per heavy atom. The van der Waals surface area contributed by atoms with Gasteiger partial charge in [0, 0.05) is 30.3 Å². The average molecular weight is 405 g/mol. The normalized spacial score (nSPS) is 10.1. The lowest BCUT2D eigenvalue weighted by atomic mass is 10.2. The number of hydrogen-bond acceptors (Lipinski definition) is 5. The molecule has 0 saturated heterocycles. The highest BCUT2D eigenvalue weighted by Crippen LogP contribution is 2.22. The van der Waals surface area contributed by atoms with Crippen LogP contribution in [0.1, 0.15) is 17.3 Å². The van der Waals surface area contributed by atoms with Crippen LogP contribution in [0.4, 0.5) is 27.7 Å². The van der Waals surface area contributed by atoms with Crippen molar-refractivity contribution in [3.05, 3.63) is 72.4 Å². The standard InChI is InChI=1S/C22H23N5O3/c1-3-30-18-12-10-15(11-13-18)25-20-19(5-4-14-24-20)21(28)26-16-6-8-17(9-7-16)27-22(29)23-2/h4-14H,3H2,1-2H3,(H,24,25)(H,26,28)(H2,23,27,29). The van der Waals surface area contributed by atoms with Crippen molar-refractivity contribution in [2.45, 2.75) is 6.92 Å². The van der Waals surface area contributed by atoms with Gasteiger partial charge < -0.3 is 26.0 Å². The van der Waals surface area contributed by atoms with Crippen molar-refractivity contribution in [3.63, 3.8) is 0 Å². The van der Waals surface area contributed by atoms with E-state index in [1.165, 1.54) is 7.05 Å². The van der Waals surface area contributed by atoms with Crippen molar-refractivity contribution in [2.24, 2.45) is 0 Å². The van der Waals surface area contributed by atoms with Crippen molar-refractivity contribution in [1.82, 2.24) is 10.3 Å². The van der Waals surface area contributed by atoms with E-state index in [9.17, 15) is 9.59 Å². The Bertz CT molecular complexity index is 1000. The van der Waals surface area contributed by atoms with E-state index in [1.54, 1.807) is 42.6 Å². The first kappa shape index (κ1) is 20.7. The molecule has 1 aromatic heterocycles. The molecular weight excluding hydrogens is 382 g/mol. The number of anilines is 4. The molecule has 3 aromatic rings. The molecule has 1 heterocycles. The Morgan fingerprint density at radius 1 is 0.900 bits per heavy atom. The molecule has 0 fully saturated rings. The predicted molar refractivity (Wildman–Crippen MR) is 118 cm³/mol. The molecule has 2 aromatic carbocycles. The van der Waals surface area contributed by atoms with Crippen LogP contribution in [0, 0.1) is 0 Å². The van der Waals surface area contributed by atoms with E-state index in [1.807, 2.05) is 31.2 Å². The quantitative estimate of drug-likeness (QED) is 0.471. The van der Waals surface area contributed by atoms with E-state index in [2.05, 4.69) is 26.3 Å². The van der Waals surface area contributed by atoms with Gasteiger partial charge in [-0.3, -0.25) is 4.79 Å². The van der Waals surface area contributed by atoms with Crippen LogP contribution in [0.2, 0.25) is 0 Å². The van der Waals surface area contributed by atoms with Crippen molar-refractivity contribution >= 4 is 34.8 Å². The van der Waals surface area contributed by atoms with E-state index in [-0.39, 0.29) is 11.9 Å². The van der Waals surface area contributed by atoms with Crippen LogP contribution in [-0.2, 0) is 0 Å². The second-order valence-corrected chi connectivity index (χ2v) is 6.22. The fourth-order valence-corrected chi connectivity index (χ4v) is 2.65. The molecular formula is C22H23N5O3. The molecule has 8 heteroatoms. The van der Waals surface area contributed by atoms with Gasteiger partial charge in [0.2, 0.25) is 0 Å². The highest BCUT2D eigenvalue weighted by molar-refractivity contribution is 6.07. The Morgan fingerprint density at radius 2 is 1.53 bits per heavy atom. The van der Waals surface area contributed by atoms with Gasteiger partial charge in [-0.1, -0.05) is 0 Å². The summed E-state index contributed by atoms with van der Waals surface area (Å²) in [6, 6.07) is 17.3. The lowest BCUT2D eigenvalue weighted by Gasteiger charge is -2.12. The molecule has 0 aliphatic carbocycles. The molecule has 154 valence electrons. The lowest BCUT2D eigenvalue weighted by molar-refractivity contribution is 0.102. The van der Waals surface area contributed by atoms with E-state index in [0.717, 1.165) is 11.4 Å². The molecule has 0 saturated carbocycles. The van der Waals surface area contributed by atoms with Gasteiger partial charge in [0.05, 0.1) is 12.2 Å². The minimum absolute atomic E-state index is 0.302. The number of urea groups is 1. The van der Waals surface area contributed by atoms with Crippen LogP contribution in [0.5, 0.6) is 5.75 Å². The fraction of sp³-hybridized carbons (Fsp3) is 0.136. The summed E-state index contributed by atoms with van der Waals surface area (Å²) in [5.74, 6) is 0.914. The Balaban J connectivity index is 1.70. The van der Waals surface area contributed by atoms with Gasteiger partial charge in [0.25, 0.3) is 5.91 Å². The first-order valence-corrected chi connectivity index (χ1v) is 9.44. The van der Waals surface area contributed by atoms with Gasteiger partial charge in [0.15, 0.2) is 0 Å². The maximum absolute atomic E-state index is 12.8.